The fourth-order valence-corrected chi connectivity index (χ4v) is 4.01. The first-order valence-electron chi connectivity index (χ1n) is 9.27. The van der Waals surface area contributed by atoms with Gasteiger partial charge in [-0.15, -0.1) is 11.8 Å². The highest BCUT2D eigenvalue weighted by molar-refractivity contribution is 7.98. The summed E-state index contributed by atoms with van der Waals surface area (Å²) in [5.41, 5.74) is 5.40. The summed E-state index contributed by atoms with van der Waals surface area (Å²) in [7, 11) is 0. The third-order valence-corrected chi connectivity index (χ3v) is 6.02. The van der Waals surface area contributed by atoms with E-state index in [9.17, 15) is 4.79 Å². The van der Waals surface area contributed by atoms with Gasteiger partial charge in [-0.1, -0.05) is 47.5 Å². The molecule has 3 rings (SSSR count). The van der Waals surface area contributed by atoms with Crippen LogP contribution >= 0.6 is 23.4 Å². The lowest BCUT2D eigenvalue weighted by Gasteiger charge is -2.17. The fraction of sp³-hybridized carbons (Fsp3) is 0.208. The first kappa shape index (κ1) is 20.5. The molecule has 144 valence electrons. The van der Waals surface area contributed by atoms with Gasteiger partial charge in [0.15, 0.2) is 0 Å². The van der Waals surface area contributed by atoms with E-state index >= 15 is 0 Å². The van der Waals surface area contributed by atoms with E-state index in [-0.39, 0.29) is 11.9 Å². The Morgan fingerprint density at radius 2 is 1.68 bits per heavy atom. The molecule has 28 heavy (non-hydrogen) atoms. The van der Waals surface area contributed by atoms with E-state index in [0.29, 0.717) is 5.56 Å². The Labute approximate surface area is 176 Å². The highest BCUT2D eigenvalue weighted by atomic mass is 35.5. The van der Waals surface area contributed by atoms with Crippen LogP contribution in [-0.2, 0) is 5.75 Å². The van der Waals surface area contributed by atoms with Crippen molar-refractivity contribution in [3.8, 4) is 0 Å². The maximum Gasteiger partial charge on any atom is 0.251 e. The predicted molar refractivity (Wildman–Crippen MR) is 119 cm³/mol. The third-order valence-electron chi connectivity index (χ3n) is 4.68. The number of carbonyl (C=O) groups is 1. The quantitative estimate of drug-likeness (QED) is 0.456. The molecular weight excluding hydrogens is 386 g/mol. The molecule has 1 N–H and O–H groups in total. The smallest absolute Gasteiger partial charge is 0.251 e. The molecule has 3 aromatic rings. The molecule has 0 unspecified atom stereocenters. The van der Waals surface area contributed by atoms with Gasteiger partial charge in [-0.2, -0.15) is 0 Å². The van der Waals surface area contributed by atoms with Crippen molar-refractivity contribution in [1.29, 1.82) is 0 Å². The van der Waals surface area contributed by atoms with Crippen molar-refractivity contribution in [3.05, 3.63) is 99.6 Å². The van der Waals surface area contributed by atoms with Gasteiger partial charge in [-0.3, -0.25) is 4.79 Å². The fourth-order valence-electron chi connectivity index (χ4n) is 3.03. The van der Waals surface area contributed by atoms with Crippen LogP contribution in [0.25, 0.3) is 0 Å². The molecule has 0 aliphatic carbocycles. The molecule has 0 heterocycles. The summed E-state index contributed by atoms with van der Waals surface area (Å²) < 4.78 is 0. The van der Waals surface area contributed by atoms with Crippen LogP contribution in [0.15, 0.2) is 71.6 Å². The summed E-state index contributed by atoms with van der Waals surface area (Å²) in [6, 6.07) is 21.9. The number of nitrogens with one attached hydrogen (secondary N) is 1. The van der Waals surface area contributed by atoms with Crippen molar-refractivity contribution in [2.75, 3.05) is 0 Å². The van der Waals surface area contributed by atoms with E-state index < -0.39 is 0 Å². The number of rotatable bonds is 6. The van der Waals surface area contributed by atoms with E-state index in [1.807, 2.05) is 55.5 Å². The Balaban J connectivity index is 1.60. The number of thioether (sulfide) groups is 1. The zero-order valence-electron chi connectivity index (χ0n) is 16.3. The molecule has 3 aromatic carbocycles. The summed E-state index contributed by atoms with van der Waals surface area (Å²) in [4.78, 5) is 13.8. The Morgan fingerprint density at radius 1 is 1.00 bits per heavy atom. The maximum atomic E-state index is 12.6. The average Bonchev–Trinajstić information content (AvgIpc) is 2.69. The van der Waals surface area contributed by atoms with Gasteiger partial charge >= 0.3 is 0 Å². The van der Waals surface area contributed by atoms with Crippen LogP contribution in [-0.4, -0.2) is 5.91 Å². The van der Waals surface area contributed by atoms with Crippen LogP contribution in [0.3, 0.4) is 0 Å². The highest BCUT2D eigenvalue weighted by Crippen LogP contribution is 2.24. The molecule has 0 saturated carbocycles. The Kier molecular flexibility index (Phi) is 6.82. The van der Waals surface area contributed by atoms with Gasteiger partial charge in [-0.25, -0.2) is 0 Å². The molecule has 0 fully saturated rings. The van der Waals surface area contributed by atoms with E-state index in [4.69, 9.17) is 11.6 Å². The lowest BCUT2D eigenvalue weighted by molar-refractivity contribution is 0.0940. The second kappa shape index (κ2) is 9.31. The monoisotopic (exact) mass is 409 g/mol. The zero-order chi connectivity index (χ0) is 20.1. The number of halogens is 1. The summed E-state index contributed by atoms with van der Waals surface area (Å²) in [6.45, 7) is 6.17. The van der Waals surface area contributed by atoms with E-state index in [0.717, 1.165) is 16.3 Å². The summed E-state index contributed by atoms with van der Waals surface area (Å²) >= 11 is 7.67. The Morgan fingerprint density at radius 3 is 2.36 bits per heavy atom. The minimum Gasteiger partial charge on any atom is -0.346 e. The van der Waals surface area contributed by atoms with Crippen molar-refractivity contribution in [1.82, 2.24) is 5.32 Å². The van der Waals surface area contributed by atoms with Gasteiger partial charge in [0, 0.05) is 21.2 Å². The summed E-state index contributed by atoms with van der Waals surface area (Å²) in [5, 5.41) is 3.85. The summed E-state index contributed by atoms with van der Waals surface area (Å²) in [6.07, 6.45) is 0. The third kappa shape index (κ3) is 5.40. The van der Waals surface area contributed by atoms with Crippen LogP contribution < -0.4 is 5.32 Å². The normalized spacial score (nSPS) is 11.9. The number of carbonyl (C=O) groups excluding carboxylic acids is 1. The van der Waals surface area contributed by atoms with Crippen LogP contribution in [0.1, 0.15) is 45.6 Å². The second-order valence-corrected chi connectivity index (χ2v) is 8.48. The maximum absolute atomic E-state index is 12.6. The number of benzene rings is 3. The van der Waals surface area contributed by atoms with Crippen LogP contribution in [0.4, 0.5) is 0 Å². The summed E-state index contributed by atoms with van der Waals surface area (Å²) in [5.74, 6) is 0.799. The number of hydrogen-bond acceptors (Lipinski definition) is 2. The molecule has 2 nitrogen and oxygen atoms in total. The number of hydrogen-bond donors (Lipinski definition) is 1. The molecule has 0 bridgehead atoms. The molecule has 0 spiro atoms. The molecule has 0 aliphatic heterocycles. The molecule has 4 heteroatoms. The van der Waals surface area contributed by atoms with Crippen molar-refractivity contribution >= 4 is 29.3 Å². The second-order valence-electron chi connectivity index (χ2n) is 6.99. The van der Waals surface area contributed by atoms with Crippen molar-refractivity contribution in [3.63, 3.8) is 0 Å². The number of aryl methyl sites for hydroxylation is 2. The minimum atomic E-state index is -0.0506. The van der Waals surface area contributed by atoms with Gasteiger partial charge in [0.25, 0.3) is 5.91 Å². The SMILES string of the molecule is Cc1ccc(C)c([C@H](C)NC(=O)c2ccc(CSc3ccc(Cl)cc3)cc2)c1. The minimum absolute atomic E-state index is 0.0347. The van der Waals surface area contributed by atoms with Crippen LogP contribution in [0.5, 0.6) is 0 Å². The Bertz CT molecular complexity index is 951. The lowest BCUT2D eigenvalue weighted by Crippen LogP contribution is -2.27. The Hall–Kier alpha value is -2.23. The molecule has 0 aromatic heterocycles. The van der Waals surface area contributed by atoms with Gasteiger partial charge < -0.3 is 5.32 Å². The van der Waals surface area contributed by atoms with Crippen molar-refractivity contribution < 1.29 is 4.79 Å². The standard InChI is InChI=1S/C24H24ClNOS/c1-16-4-5-17(2)23(14-16)18(3)26-24(27)20-8-6-19(7-9-20)15-28-22-12-10-21(25)11-13-22/h4-14,18H,15H2,1-3H3,(H,26,27)/t18-/m0/s1. The highest BCUT2D eigenvalue weighted by Gasteiger charge is 2.13. The first-order valence-corrected chi connectivity index (χ1v) is 10.6. The predicted octanol–water partition coefficient (Wildman–Crippen LogP) is 6.74. The average molecular weight is 410 g/mol. The van der Waals surface area contributed by atoms with E-state index in [1.165, 1.54) is 21.6 Å². The molecular formula is C24H24ClNOS. The largest absolute Gasteiger partial charge is 0.346 e. The number of amides is 1. The first-order chi connectivity index (χ1) is 13.4. The van der Waals surface area contributed by atoms with Crippen LogP contribution in [0.2, 0.25) is 5.02 Å². The molecule has 0 saturated heterocycles. The van der Waals surface area contributed by atoms with E-state index in [2.05, 4.69) is 37.4 Å². The van der Waals surface area contributed by atoms with Crippen molar-refractivity contribution in [2.24, 2.45) is 0 Å². The molecule has 1 amide bonds. The van der Waals surface area contributed by atoms with Crippen molar-refractivity contribution in [2.45, 2.75) is 37.5 Å². The van der Waals surface area contributed by atoms with Crippen LogP contribution in [0, 0.1) is 13.8 Å². The van der Waals surface area contributed by atoms with E-state index in [1.54, 1.807) is 11.8 Å². The van der Waals surface area contributed by atoms with Gasteiger partial charge in [-0.05, 0) is 73.9 Å². The van der Waals surface area contributed by atoms with Gasteiger partial charge in [0.2, 0.25) is 0 Å². The lowest BCUT2D eigenvalue weighted by atomic mass is 9.99. The zero-order valence-corrected chi connectivity index (χ0v) is 17.9. The van der Waals surface area contributed by atoms with Gasteiger partial charge in [0.1, 0.15) is 0 Å². The molecule has 0 radical (unpaired) electrons. The van der Waals surface area contributed by atoms with Gasteiger partial charge in [0.05, 0.1) is 6.04 Å². The topological polar surface area (TPSA) is 29.1 Å². The molecule has 1 atom stereocenters. The molecule has 0 aliphatic rings.